The average molecular weight is 341 g/mol. The van der Waals surface area contributed by atoms with Crippen molar-refractivity contribution in [2.45, 2.75) is 25.3 Å². The Morgan fingerprint density at radius 2 is 2.00 bits per heavy atom. The van der Waals surface area contributed by atoms with E-state index < -0.39 is 0 Å². The summed E-state index contributed by atoms with van der Waals surface area (Å²) in [5.74, 6) is 0. The van der Waals surface area contributed by atoms with E-state index in [1.54, 1.807) is 0 Å². The van der Waals surface area contributed by atoms with Crippen molar-refractivity contribution in [2.75, 3.05) is 6.54 Å². The van der Waals surface area contributed by atoms with Crippen LogP contribution >= 0.6 is 35.0 Å². The molecule has 1 atom stereocenters. The van der Waals surface area contributed by atoms with Crippen LogP contribution in [0, 0.1) is 3.57 Å². The summed E-state index contributed by atoms with van der Waals surface area (Å²) in [6, 6.07) is 8.54. The van der Waals surface area contributed by atoms with E-state index in [1.807, 2.05) is 0 Å². The van der Waals surface area contributed by atoms with Crippen molar-refractivity contribution >= 4 is 35.0 Å². The number of unbranched alkanes of at least 4 members (excludes halogenated alkanes) is 1. The van der Waals surface area contributed by atoms with E-state index in [0.717, 1.165) is 25.8 Å². The highest BCUT2D eigenvalue weighted by atomic mass is 127. The van der Waals surface area contributed by atoms with Gasteiger partial charge in [0.2, 0.25) is 0 Å². The monoisotopic (exact) mass is 340 g/mol. The number of benzene rings is 1. The number of hydrogen-bond donors (Lipinski definition) is 2. The quantitative estimate of drug-likeness (QED) is 0.640. The predicted octanol–water partition coefficient (Wildman–Crippen LogP) is 2.84. The zero-order chi connectivity index (χ0) is 10.4. The molecule has 0 amide bonds. The minimum Gasteiger partial charge on any atom is -0.330 e. The molecule has 4 heteroatoms. The normalized spacial score (nSPS) is 11.9. The zero-order valence-electron chi connectivity index (χ0n) is 8.66. The lowest BCUT2D eigenvalue weighted by atomic mass is 10.0. The summed E-state index contributed by atoms with van der Waals surface area (Å²) in [5, 5.41) is 0. The zero-order valence-corrected chi connectivity index (χ0v) is 11.6. The van der Waals surface area contributed by atoms with Crippen LogP contribution in [0.3, 0.4) is 0 Å². The highest BCUT2D eigenvalue weighted by Gasteiger charge is 2.05. The lowest BCUT2D eigenvalue weighted by molar-refractivity contribution is 0.591. The van der Waals surface area contributed by atoms with Crippen LogP contribution in [0.1, 0.15) is 30.9 Å². The molecule has 0 saturated heterocycles. The molecule has 0 aromatic heterocycles. The maximum Gasteiger partial charge on any atom is 0.0295 e. The van der Waals surface area contributed by atoms with E-state index in [2.05, 4.69) is 46.9 Å². The van der Waals surface area contributed by atoms with Crippen molar-refractivity contribution in [3.05, 3.63) is 33.4 Å². The van der Waals surface area contributed by atoms with Gasteiger partial charge >= 0.3 is 0 Å². The summed E-state index contributed by atoms with van der Waals surface area (Å²) in [5.41, 5.74) is 12.7. The average Bonchev–Trinajstić information content (AvgIpc) is 2.18. The van der Waals surface area contributed by atoms with Gasteiger partial charge in [0.15, 0.2) is 0 Å². The fourth-order valence-electron chi connectivity index (χ4n) is 1.41. The molecular weight excluding hydrogens is 322 g/mol. The van der Waals surface area contributed by atoms with Crippen LogP contribution in [-0.2, 0) is 0 Å². The molecule has 0 bridgehead atoms. The molecular formula is C11H18ClIN2. The standard InChI is InChI=1S/C11H17IN2.ClH/c12-10-5-3-4-9(8-10)11(14)6-1-2-7-13;/h3-5,8,11H,1-2,6-7,13-14H2;1H/t11-;/m1./s1. The second-order valence-corrected chi connectivity index (χ2v) is 4.69. The topological polar surface area (TPSA) is 52.0 Å². The van der Waals surface area contributed by atoms with Gasteiger partial charge in [-0.1, -0.05) is 18.6 Å². The van der Waals surface area contributed by atoms with Crippen LogP contribution in [0.15, 0.2) is 24.3 Å². The van der Waals surface area contributed by atoms with Gasteiger partial charge < -0.3 is 11.5 Å². The van der Waals surface area contributed by atoms with Gasteiger partial charge in [-0.2, -0.15) is 0 Å². The number of hydrogen-bond acceptors (Lipinski definition) is 2. The van der Waals surface area contributed by atoms with Gasteiger partial charge in [-0.15, -0.1) is 12.4 Å². The minimum atomic E-state index is 0. The Morgan fingerprint density at radius 1 is 1.27 bits per heavy atom. The van der Waals surface area contributed by atoms with Crippen LogP contribution in [-0.4, -0.2) is 6.54 Å². The second kappa shape index (κ2) is 8.33. The van der Waals surface area contributed by atoms with Crippen molar-refractivity contribution in [2.24, 2.45) is 11.5 Å². The number of halogens is 2. The molecule has 1 aromatic rings. The van der Waals surface area contributed by atoms with Crippen molar-refractivity contribution in [1.82, 2.24) is 0 Å². The van der Waals surface area contributed by atoms with E-state index in [0.29, 0.717) is 0 Å². The van der Waals surface area contributed by atoms with Crippen LogP contribution in [0.5, 0.6) is 0 Å². The minimum absolute atomic E-state index is 0. The first-order valence-electron chi connectivity index (χ1n) is 4.95. The Morgan fingerprint density at radius 3 is 2.60 bits per heavy atom. The van der Waals surface area contributed by atoms with Gasteiger partial charge in [0, 0.05) is 9.61 Å². The highest BCUT2D eigenvalue weighted by molar-refractivity contribution is 14.1. The third-order valence-corrected chi connectivity index (χ3v) is 2.92. The molecule has 0 aliphatic heterocycles. The Hall–Kier alpha value is 0.160. The molecule has 1 rings (SSSR count). The molecule has 0 aliphatic carbocycles. The molecule has 0 radical (unpaired) electrons. The van der Waals surface area contributed by atoms with Crippen molar-refractivity contribution in [1.29, 1.82) is 0 Å². The highest BCUT2D eigenvalue weighted by Crippen LogP contribution is 2.18. The van der Waals surface area contributed by atoms with E-state index in [-0.39, 0.29) is 18.4 Å². The lowest BCUT2D eigenvalue weighted by Gasteiger charge is -2.11. The maximum absolute atomic E-state index is 6.06. The summed E-state index contributed by atoms with van der Waals surface area (Å²) in [4.78, 5) is 0. The van der Waals surface area contributed by atoms with E-state index in [9.17, 15) is 0 Å². The van der Waals surface area contributed by atoms with E-state index >= 15 is 0 Å². The molecule has 0 unspecified atom stereocenters. The molecule has 86 valence electrons. The summed E-state index contributed by atoms with van der Waals surface area (Å²) in [6.45, 7) is 0.763. The first-order chi connectivity index (χ1) is 6.74. The largest absolute Gasteiger partial charge is 0.330 e. The molecule has 0 heterocycles. The Labute approximate surface area is 111 Å². The third kappa shape index (κ3) is 5.70. The van der Waals surface area contributed by atoms with Crippen LogP contribution in [0.2, 0.25) is 0 Å². The van der Waals surface area contributed by atoms with Crippen molar-refractivity contribution in [3.63, 3.8) is 0 Å². The summed E-state index contributed by atoms with van der Waals surface area (Å²) >= 11 is 2.31. The molecule has 0 fully saturated rings. The fraction of sp³-hybridized carbons (Fsp3) is 0.455. The smallest absolute Gasteiger partial charge is 0.0295 e. The third-order valence-electron chi connectivity index (χ3n) is 2.25. The van der Waals surface area contributed by atoms with Gasteiger partial charge in [-0.05, 0) is 59.7 Å². The van der Waals surface area contributed by atoms with Crippen molar-refractivity contribution < 1.29 is 0 Å². The summed E-state index contributed by atoms with van der Waals surface area (Å²) < 4.78 is 1.24. The lowest BCUT2D eigenvalue weighted by Crippen LogP contribution is -2.11. The van der Waals surface area contributed by atoms with E-state index in [4.69, 9.17) is 11.5 Å². The van der Waals surface area contributed by atoms with E-state index in [1.165, 1.54) is 9.13 Å². The Balaban J connectivity index is 0.00000196. The van der Waals surface area contributed by atoms with Crippen LogP contribution in [0.25, 0.3) is 0 Å². The SMILES string of the molecule is Cl.NCCCC[C@@H](N)c1cccc(I)c1. The van der Waals surface area contributed by atoms with Crippen molar-refractivity contribution in [3.8, 4) is 0 Å². The number of rotatable bonds is 5. The first kappa shape index (κ1) is 15.2. The first-order valence-corrected chi connectivity index (χ1v) is 6.03. The van der Waals surface area contributed by atoms with Crippen LogP contribution in [0.4, 0.5) is 0 Å². The second-order valence-electron chi connectivity index (χ2n) is 3.45. The van der Waals surface area contributed by atoms with Gasteiger partial charge in [-0.25, -0.2) is 0 Å². The van der Waals surface area contributed by atoms with Gasteiger partial charge in [0.1, 0.15) is 0 Å². The maximum atomic E-state index is 6.06. The fourth-order valence-corrected chi connectivity index (χ4v) is 1.98. The summed E-state index contributed by atoms with van der Waals surface area (Å²) in [6.07, 6.45) is 3.21. The van der Waals surface area contributed by atoms with Gasteiger partial charge in [0.25, 0.3) is 0 Å². The molecule has 0 spiro atoms. The molecule has 15 heavy (non-hydrogen) atoms. The molecule has 0 aliphatic rings. The molecule has 4 N–H and O–H groups in total. The predicted molar refractivity (Wildman–Crippen MR) is 76.2 cm³/mol. The Bertz CT molecular complexity index is 281. The van der Waals surface area contributed by atoms with Gasteiger partial charge in [-0.3, -0.25) is 0 Å². The molecule has 2 nitrogen and oxygen atoms in total. The molecule has 1 aromatic carbocycles. The molecule has 0 saturated carbocycles. The Kier molecular flexibility index (Phi) is 8.42. The van der Waals surface area contributed by atoms with Gasteiger partial charge in [0.05, 0.1) is 0 Å². The summed E-state index contributed by atoms with van der Waals surface area (Å²) in [7, 11) is 0. The number of nitrogens with two attached hydrogens (primary N) is 2. The van der Waals surface area contributed by atoms with Crippen LogP contribution < -0.4 is 11.5 Å².